The zero-order valence-electron chi connectivity index (χ0n) is 19.4. The van der Waals surface area contributed by atoms with E-state index in [4.69, 9.17) is 9.47 Å². The predicted molar refractivity (Wildman–Crippen MR) is 139 cm³/mol. The Morgan fingerprint density at radius 1 is 0.914 bits per heavy atom. The van der Waals surface area contributed by atoms with E-state index in [2.05, 4.69) is 22.8 Å². The van der Waals surface area contributed by atoms with Gasteiger partial charge in [0.25, 0.3) is 11.8 Å². The topological polar surface area (TPSA) is 76.7 Å². The minimum absolute atomic E-state index is 0.149. The van der Waals surface area contributed by atoms with E-state index in [1.165, 1.54) is 42.1 Å². The standard InChI is InChI=1S/C28H24N2O4S/c1-33-24-13-11-19(15-25(24)34-2)27(31)30-23(16-20-6-4-14-35-20)28(32)29-22-12-10-18-9-8-17-5-3-7-21(22)26(17)18/h3-7,10-16H,8-9H2,1-2H3,(H,29,32)(H,30,31)/b23-16-. The van der Waals surface area contributed by atoms with Gasteiger partial charge in [0.1, 0.15) is 5.70 Å². The quantitative estimate of drug-likeness (QED) is 0.343. The van der Waals surface area contributed by atoms with Crippen molar-refractivity contribution in [3.8, 4) is 11.5 Å². The second-order valence-corrected chi connectivity index (χ2v) is 9.14. The summed E-state index contributed by atoms with van der Waals surface area (Å²) in [5, 5.41) is 9.94. The number of carbonyl (C=O) groups is 2. The fourth-order valence-corrected chi connectivity index (χ4v) is 5.05. The molecule has 1 aliphatic rings. The summed E-state index contributed by atoms with van der Waals surface area (Å²) >= 11 is 1.48. The molecule has 0 saturated carbocycles. The highest BCUT2D eigenvalue weighted by Gasteiger charge is 2.20. The first-order valence-electron chi connectivity index (χ1n) is 11.2. The van der Waals surface area contributed by atoms with Crippen LogP contribution in [0, 0.1) is 0 Å². The molecule has 2 amide bonds. The fourth-order valence-electron chi connectivity index (χ4n) is 4.39. The van der Waals surface area contributed by atoms with Crippen LogP contribution >= 0.6 is 11.3 Å². The first-order valence-corrected chi connectivity index (χ1v) is 12.1. The summed E-state index contributed by atoms with van der Waals surface area (Å²) in [5.74, 6) is 0.125. The van der Waals surface area contributed by atoms with E-state index in [-0.39, 0.29) is 5.70 Å². The van der Waals surface area contributed by atoms with E-state index in [1.54, 1.807) is 24.3 Å². The van der Waals surface area contributed by atoms with Crippen LogP contribution in [0.15, 0.2) is 71.7 Å². The van der Waals surface area contributed by atoms with Crippen LogP contribution in [-0.4, -0.2) is 26.0 Å². The zero-order valence-corrected chi connectivity index (χ0v) is 20.2. The number of thiophene rings is 1. The number of methoxy groups -OCH3 is 2. The number of amides is 2. The van der Waals surface area contributed by atoms with Gasteiger partial charge in [0.2, 0.25) is 0 Å². The van der Waals surface area contributed by atoms with Crippen LogP contribution in [0.2, 0.25) is 0 Å². The SMILES string of the molecule is COc1ccc(C(=O)N/C(=C\c2cccs2)C(=O)Nc2ccc3c4c(cccc24)CC3)cc1OC. The van der Waals surface area contributed by atoms with Crippen molar-refractivity contribution in [2.24, 2.45) is 0 Å². The lowest BCUT2D eigenvalue weighted by molar-refractivity contribution is -0.113. The summed E-state index contributed by atoms with van der Waals surface area (Å²) in [5.41, 5.74) is 3.80. The minimum atomic E-state index is -0.427. The Balaban J connectivity index is 1.45. The van der Waals surface area contributed by atoms with Crippen LogP contribution in [-0.2, 0) is 17.6 Å². The molecule has 0 unspecified atom stereocenters. The number of nitrogens with one attached hydrogen (secondary N) is 2. The normalized spacial score (nSPS) is 12.5. The lowest BCUT2D eigenvalue weighted by Gasteiger charge is -2.14. The van der Waals surface area contributed by atoms with Crippen molar-refractivity contribution in [2.75, 3.05) is 19.5 Å². The van der Waals surface area contributed by atoms with Crippen LogP contribution in [0.1, 0.15) is 26.4 Å². The van der Waals surface area contributed by atoms with Crippen molar-refractivity contribution in [1.82, 2.24) is 5.32 Å². The summed E-state index contributed by atoms with van der Waals surface area (Å²) < 4.78 is 10.6. The van der Waals surface area contributed by atoms with E-state index < -0.39 is 11.8 Å². The summed E-state index contributed by atoms with van der Waals surface area (Å²) in [4.78, 5) is 27.4. The van der Waals surface area contributed by atoms with Gasteiger partial charge in [0.05, 0.1) is 14.2 Å². The number of hydrogen-bond donors (Lipinski definition) is 2. The van der Waals surface area contributed by atoms with Crippen LogP contribution in [0.4, 0.5) is 5.69 Å². The maximum atomic E-state index is 13.4. The van der Waals surface area contributed by atoms with E-state index >= 15 is 0 Å². The smallest absolute Gasteiger partial charge is 0.272 e. The molecule has 0 aliphatic heterocycles. The Kier molecular flexibility index (Phi) is 6.25. The molecule has 0 saturated heterocycles. The molecule has 7 heteroatoms. The van der Waals surface area contributed by atoms with E-state index in [1.807, 2.05) is 35.7 Å². The molecule has 0 spiro atoms. The maximum Gasteiger partial charge on any atom is 0.272 e. The third-order valence-corrected chi connectivity index (χ3v) is 6.91. The Labute approximate surface area is 207 Å². The first kappa shape index (κ1) is 22.7. The Morgan fingerprint density at radius 3 is 2.46 bits per heavy atom. The van der Waals surface area contributed by atoms with Crippen LogP contribution < -0.4 is 20.1 Å². The van der Waals surface area contributed by atoms with Gasteiger partial charge in [-0.05, 0) is 71.1 Å². The molecule has 0 fully saturated rings. The molecule has 1 aliphatic carbocycles. The summed E-state index contributed by atoms with van der Waals surface area (Å²) in [6.07, 6.45) is 3.70. The van der Waals surface area contributed by atoms with Gasteiger partial charge in [-0.25, -0.2) is 0 Å². The van der Waals surface area contributed by atoms with Gasteiger partial charge in [-0.2, -0.15) is 0 Å². The van der Waals surface area contributed by atoms with Gasteiger partial charge >= 0.3 is 0 Å². The second kappa shape index (κ2) is 9.64. The van der Waals surface area contributed by atoms with Gasteiger partial charge in [-0.3, -0.25) is 9.59 Å². The van der Waals surface area contributed by atoms with E-state index in [0.717, 1.165) is 28.8 Å². The Hall–Kier alpha value is -4.10. The van der Waals surface area contributed by atoms with E-state index in [0.29, 0.717) is 17.1 Å². The van der Waals surface area contributed by atoms with Crippen molar-refractivity contribution >= 4 is 45.7 Å². The van der Waals surface area contributed by atoms with Crippen molar-refractivity contribution in [3.05, 3.63) is 93.3 Å². The average molecular weight is 485 g/mol. The molecule has 1 heterocycles. The molecule has 1 aromatic heterocycles. The largest absolute Gasteiger partial charge is 0.493 e. The highest BCUT2D eigenvalue weighted by molar-refractivity contribution is 7.10. The number of ether oxygens (including phenoxy) is 2. The molecule has 35 heavy (non-hydrogen) atoms. The number of aryl methyl sites for hydroxylation is 2. The van der Waals surface area contributed by atoms with Crippen LogP contribution in [0.25, 0.3) is 16.8 Å². The minimum Gasteiger partial charge on any atom is -0.493 e. The van der Waals surface area contributed by atoms with E-state index in [9.17, 15) is 9.59 Å². The van der Waals surface area contributed by atoms with Gasteiger partial charge in [0.15, 0.2) is 11.5 Å². The third kappa shape index (κ3) is 4.50. The number of hydrogen-bond acceptors (Lipinski definition) is 5. The molecule has 0 radical (unpaired) electrons. The summed E-state index contributed by atoms with van der Waals surface area (Å²) in [6, 6.07) is 18.8. The number of anilines is 1. The molecule has 5 rings (SSSR count). The predicted octanol–water partition coefficient (Wildman–Crippen LogP) is 5.43. The third-order valence-electron chi connectivity index (χ3n) is 6.09. The molecular formula is C28H24N2O4S. The molecular weight excluding hydrogens is 460 g/mol. The lowest BCUT2D eigenvalue weighted by Crippen LogP contribution is -2.30. The average Bonchev–Trinajstić information content (AvgIpc) is 3.55. The summed E-state index contributed by atoms with van der Waals surface area (Å²) in [7, 11) is 3.04. The van der Waals surface area contributed by atoms with Crippen molar-refractivity contribution in [1.29, 1.82) is 0 Å². The first-order chi connectivity index (χ1) is 17.1. The van der Waals surface area contributed by atoms with Gasteiger partial charge < -0.3 is 20.1 Å². The van der Waals surface area contributed by atoms with Gasteiger partial charge in [-0.15, -0.1) is 11.3 Å². The van der Waals surface area contributed by atoms with Gasteiger partial charge in [0, 0.05) is 21.5 Å². The highest BCUT2D eigenvalue weighted by Crippen LogP contribution is 2.35. The lowest BCUT2D eigenvalue weighted by atomic mass is 10.0. The van der Waals surface area contributed by atoms with Gasteiger partial charge in [-0.1, -0.05) is 30.3 Å². The maximum absolute atomic E-state index is 13.4. The molecule has 4 aromatic rings. The van der Waals surface area contributed by atoms with Crippen molar-refractivity contribution < 1.29 is 19.1 Å². The van der Waals surface area contributed by atoms with Crippen molar-refractivity contribution in [3.63, 3.8) is 0 Å². The number of benzene rings is 3. The molecule has 0 atom stereocenters. The monoisotopic (exact) mass is 484 g/mol. The molecule has 6 nitrogen and oxygen atoms in total. The van der Waals surface area contributed by atoms with Crippen LogP contribution in [0.5, 0.6) is 11.5 Å². The number of rotatable bonds is 7. The van der Waals surface area contributed by atoms with Crippen LogP contribution in [0.3, 0.4) is 0 Å². The molecule has 2 N–H and O–H groups in total. The Morgan fingerprint density at radius 2 is 1.71 bits per heavy atom. The molecule has 0 bridgehead atoms. The second-order valence-electron chi connectivity index (χ2n) is 8.16. The zero-order chi connectivity index (χ0) is 24.4. The highest BCUT2D eigenvalue weighted by atomic mass is 32.1. The van der Waals surface area contributed by atoms with Crippen molar-refractivity contribution in [2.45, 2.75) is 12.8 Å². The summed E-state index contributed by atoms with van der Waals surface area (Å²) in [6.45, 7) is 0. The Bertz CT molecular complexity index is 1450. The molecule has 176 valence electrons. The fraction of sp³-hybridized carbons (Fsp3) is 0.143. The molecule has 3 aromatic carbocycles. The number of carbonyl (C=O) groups excluding carboxylic acids is 2.